The van der Waals surface area contributed by atoms with Gasteiger partial charge >= 0.3 is 11.9 Å². The molecule has 0 aliphatic rings. The second-order valence-corrected chi connectivity index (χ2v) is 10.7. The molecule has 2 aromatic carbocycles. The summed E-state index contributed by atoms with van der Waals surface area (Å²) < 4.78 is 0. The molecular weight excluding hydrogens is 562 g/mol. The number of benzene rings is 2. The molecular formula is C29H35N5O7S. The van der Waals surface area contributed by atoms with Crippen LogP contribution in [0.2, 0.25) is 0 Å². The Labute approximate surface area is 246 Å². The Morgan fingerprint density at radius 1 is 0.833 bits per heavy atom. The molecule has 8 N–H and O–H groups in total. The summed E-state index contributed by atoms with van der Waals surface area (Å²) >= 11 is 1.41. The van der Waals surface area contributed by atoms with Crippen LogP contribution in [0.5, 0.6) is 0 Å². The first kappa shape index (κ1) is 32.2. The number of amides is 3. The number of thioether (sulfide) groups is 1. The fourth-order valence-electron chi connectivity index (χ4n) is 4.39. The summed E-state index contributed by atoms with van der Waals surface area (Å²) in [7, 11) is 0. The minimum atomic E-state index is -1.51. The molecule has 3 aromatic rings. The molecule has 0 fully saturated rings. The van der Waals surface area contributed by atoms with E-state index in [1.54, 1.807) is 36.7 Å². The minimum Gasteiger partial charge on any atom is -0.481 e. The fourth-order valence-corrected chi connectivity index (χ4v) is 4.86. The van der Waals surface area contributed by atoms with E-state index in [0.29, 0.717) is 11.3 Å². The van der Waals surface area contributed by atoms with E-state index in [1.807, 2.05) is 30.3 Å². The first-order chi connectivity index (χ1) is 20.1. The topological polar surface area (TPSA) is 204 Å². The summed E-state index contributed by atoms with van der Waals surface area (Å²) in [6.07, 6.45) is 3.03. The summed E-state index contributed by atoms with van der Waals surface area (Å²) in [6, 6.07) is 11.3. The lowest BCUT2D eigenvalue weighted by atomic mass is 10.0. The molecule has 1 aromatic heterocycles. The van der Waals surface area contributed by atoms with Gasteiger partial charge in [0.1, 0.15) is 18.1 Å². The van der Waals surface area contributed by atoms with Gasteiger partial charge in [-0.05, 0) is 42.0 Å². The molecule has 0 saturated heterocycles. The van der Waals surface area contributed by atoms with Crippen molar-refractivity contribution < 1.29 is 34.2 Å². The number of carbonyl (C=O) groups excluding carboxylic acids is 3. The maximum absolute atomic E-state index is 13.2. The lowest BCUT2D eigenvalue weighted by molar-refractivity contribution is -0.143. The molecule has 0 radical (unpaired) electrons. The summed E-state index contributed by atoms with van der Waals surface area (Å²) in [5.41, 5.74) is 8.30. The molecule has 0 spiro atoms. The van der Waals surface area contributed by atoms with Crippen molar-refractivity contribution in [3.8, 4) is 0 Å². The van der Waals surface area contributed by atoms with Crippen LogP contribution in [-0.2, 0) is 36.8 Å². The van der Waals surface area contributed by atoms with E-state index >= 15 is 0 Å². The molecule has 224 valence electrons. The van der Waals surface area contributed by atoms with Crippen molar-refractivity contribution in [2.24, 2.45) is 5.73 Å². The number of fused-ring (bicyclic) bond motifs is 1. The number of carbonyl (C=O) groups is 5. The maximum Gasteiger partial charge on any atom is 0.326 e. The van der Waals surface area contributed by atoms with Crippen LogP contribution in [0.25, 0.3) is 10.9 Å². The van der Waals surface area contributed by atoms with Gasteiger partial charge < -0.3 is 36.9 Å². The molecule has 0 aliphatic carbocycles. The van der Waals surface area contributed by atoms with E-state index in [4.69, 9.17) is 5.73 Å². The third kappa shape index (κ3) is 9.35. The van der Waals surface area contributed by atoms with Crippen LogP contribution < -0.4 is 21.7 Å². The zero-order valence-electron chi connectivity index (χ0n) is 23.0. The summed E-state index contributed by atoms with van der Waals surface area (Å²) in [5, 5.41) is 27.4. The third-order valence-corrected chi connectivity index (χ3v) is 7.25. The predicted octanol–water partition coefficient (Wildman–Crippen LogP) is 1.05. The van der Waals surface area contributed by atoms with Crippen LogP contribution in [0.4, 0.5) is 0 Å². The largest absolute Gasteiger partial charge is 0.481 e. The summed E-state index contributed by atoms with van der Waals surface area (Å²) in [6.45, 7) is 0. The number of nitrogens with two attached hydrogens (primary N) is 1. The number of hydrogen-bond acceptors (Lipinski definition) is 7. The number of para-hydroxylation sites is 1. The molecule has 13 heteroatoms. The van der Waals surface area contributed by atoms with E-state index in [1.165, 1.54) is 11.8 Å². The number of rotatable bonds is 16. The van der Waals surface area contributed by atoms with Gasteiger partial charge in [0.05, 0.1) is 12.5 Å². The highest BCUT2D eigenvalue weighted by molar-refractivity contribution is 7.98. The molecule has 1 heterocycles. The molecule has 12 nitrogen and oxygen atoms in total. The Morgan fingerprint density at radius 3 is 2.12 bits per heavy atom. The highest BCUT2D eigenvalue weighted by atomic mass is 32.2. The zero-order chi connectivity index (χ0) is 30.6. The number of aliphatic carboxylic acids is 2. The standard InChI is InChI=1S/C29H35N5O7S/c1-42-12-11-22(27(38)34-24(29(40)41)14-18-16-31-21-10-6-5-9-19(18)21)32-28(39)23(15-25(35)36)33-26(37)20(30)13-17-7-3-2-4-8-17/h2-10,16,20,22-24,31H,11-15,30H2,1H3,(H,32,39)(H,33,37)(H,34,38)(H,35,36)(H,40,41)/t20-,22-,23-,24-/m1/s1. The molecule has 4 atom stereocenters. The Bertz CT molecular complexity index is 1400. The highest BCUT2D eigenvalue weighted by Gasteiger charge is 2.31. The Hall–Kier alpha value is -4.36. The number of carboxylic acid groups (broad SMARTS) is 2. The minimum absolute atomic E-state index is 0.00865. The second kappa shape index (κ2) is 15.6. The highest BCUT2D eigenvalue weighted by Crippen LogP contribution is 2.19. The predicted molar refractivity (Wildman–Crippen MR) is 159 cm³/mol. The Morgan fingerprint density at radius 2 is 1.45 bits per heavy atom. The normalized spacial score (nSPS) is 13.9. The van der Waals surface area contributed by atoms with Gasteiger partial charge in [0, 0.05) is 23.5 Å². The maximum atomic E-state index is 13.2. The van der Waals surface area contributed by atoms with Crippen LogP contribution in [0.1, 0.15) is 24.0 Å². The monoisotopic (exact) mass is 597 g/mol. The average molecular weight is 598 g/mol. The van der Waals surface area contributed by atoms with Crippen molar-refractivity contribution >= 4 is 52.3 Å². The van der Waals surface area contributed by atoms with Crippen LogP contribution in [-0.4, -0.2) is 81.0 Å². The zero-order valence-corrected chi connectivity index (χ0v) is 23.9. The van der Waals surface area contributed by atoms with E-state index in [-0.39, 0.29) is 19.3 Å². The van der Waals surface area contributed by atoms with Gasteiger partial charge in [-0.3, -0.25) is 19.2 Å². The van der Waals surface area contributed by atoms with Gasteiger partial charge in [-0.25, -0.2) is 4.79 Å². The smallest absolute Gasteiger partial charge is 0.326 e. The first-order valence-corrected chi connectivity index (χ1v) is 14.7. The Kier molecular flexibility index (Phi) is 11.9. The van der Waals surface area contributed by atoms with Gasteiger partial charge in [0.2, 0.25) is 17.7 Å². The van der Waals surface area contributed by atoms with Gasteiger partial charge in [-0.2, -0.15) is 11.8 Å². The first-order valence-electron chi connectivity index (χ1n) is 13.3. The van der Waals surface area contributed by atoms with Crippen molar-refractivity contribution in [1.29, 1.82) is 0 Å². The van der Waals surface area contributed by atoms with Gasteiger partial charge in [-0.15, -0.1) is 0 Å². The number of carboxylic acids is 2. The average Bonchev–Trinajstić information content (AvgIpc) is 3.37. The summed E-state index contributed by atoms with van der Waals surface area (Å²) in [4.78, 5) is 65.8. The lowest BCUT2D eigenvalue weighted by Gasteiger charge is -2.24. The molecule has 0 unspecified atom stereocenters. The Balaban J connectivity index is 1.70. The van der Waals surface area contributed by atoms with Gasteiger partial charge in [0.15, 0.2) is 0 Å². The molecule has 3 amide bonds. The van der Waals surface area contributed by atoms with E-state index in [0.717, 1.165) is 16.5 Å². The third-order valence-electron chi connectivity index (χ3n) is 6.60. The van der Waals surface area contributed by atoms with Gasteiger partial charge in [-0.1, -0.05) is 48.5 Å². The van der Waals surface area contributed by atoms with Crippen molar-refractivity contribution in [3.63, 3.8) is 0 Å². The van der Waals surface area contributed by atoms with Crippen molar-refractivity contribution in [3.05, 3.63) is 71.9 Å². The number of nitrogens with one attached hydrogen (secondary N) is 4. The number of aromatic amines is 1. The molecule has 3 rings (SSSR count). The second-order valence-electron chi connectivity index (χ2n) is 9.76. The van der Waals surface area contributed by atoms with Crippen LogP contribution in [0.15, 0.2) is 60.8 Å². The fraction of sp³-hybridized carbons (Fsp3) is 0.345. The van der Waals surface area contributed by atoms with Crippen LogP contribution in [0.3, 0.4) is 0 Å². The van der Waals surface area contributed by atoms with E-state index in [9.17, 15) is 34.2 Å². The van der Waals surface area contributed by atoms with E-state index in [2.05, 4.69) is 20.9 Å². The SMILES string of the molecule is CSCC[C@@H](NC(=O)[C@@H](CC(=O)O)NC(=O)[C@H](N)Cc1ccccc1)C(=O)N[C@H](Cc1c[nH]c2ccccc12)C(=O)O. The molecule has 0 bridgehead atoms. The van der Waals surface area contributed by atoms with Crippen molar-refractivity contribution in [1.82, 2.24) is 20.9 Å². The molecule has 0 aliphatic heterocycles. The van der Waals surface area contributed by atoms with Crippen LogP contribution >= 0.6 is 11.8 Å². The number of aromatic nitrogens is 1. The van der Waals surface area contributed by atoms with Crippen molar-refractivity contribution in [2.45, 2.75) is 49.9 Å². The van der Waals surface area contributed by atoms with Crippen LogP contribution in [0, 0.1) is 0 Å². The summed E-state index contributed by atoms with van der Waals surface area (Å²) in [5.74, 6) is -4.53. The van der Waals surface area contributed by atoms with Crippen molar-refractivity contribution in [2.75, 3.05) is 12.0 Å². The molecule has 0 saturated carbocycles. The lowest BCUT2D eigenvalue weighted by Crippen LogP contribution is -2.58. The number of hydrogen-bond donors (Lipinski definition) is 7. The van der Waals surface area contributed by atoms with E-state index < -0.39 is 60.2 Å². The number of H-pyrrole nitrogens is 1. The molecule has 42 heavy (non-hydrogen) atoms. The quantitative estimate of drug-likeness (QED) is 0.126. The van der Waals surface area contributed by atoms with Gasteiger partial charge in [0.25, 0.3) is 0 Å².